The van der Waals surface area contributed by atoms with Crippen LogP contribution in [0.25, 0.3) is 5.69 Å². The van der Waals surface area contributed by atoms with Gasteiger partial charge < -0.3 is 15.0 Å². The van der Waals surface area contributed by atoms with Crippen molar-refractivity contribution in [3.63, 3.8) is 0 Å². The van der Waals surface area contributed by atoms with Gasteiger partial charge in [0.1, 0.15) is 17.4 Å². The summed E-state index contributed by atoms with van der Waals surface area (Å²) < 4.78 is 20.1. The molecule has 35 heavy (non-hydrogen) atoms. The number of methoxy groups -OCH3 is 1. The quantitative estimate of drug-likeness (QED) is 0.301. The fourth-order valence-corrected chi connectivity index (χ4v) is 4.09. The topological polar surface area (TPSA) is 135 Å². The van der Waals surface area contributed by atoms with Crippen LogP contribution in [-0.4, -0.2) is 43.5 Å². The first-order chi connectivity index (χ1) is 16.9. The highest BCUT2D eigenvalue weighted by Crippen LogP contribution is 2.25. The monoisotopic (exact) mass is 496 g/mol. The summed E-state index contributed by atoms with van der Waals surface area (Å²) in [5.41, 5.74) is 0.684. The average Bonchev–Trinajstić information content (AvgIpc) is 3.24. The van der Waals surface area contributed by atoms with Crippen molar-refractivity contribution in [2.75, 3.05) is 12.9 Å². The van der Waals surface area contributed by atoms with Crippen LogP contribution in [0.2, 0.25) is 0 Å². The van der Waals surface area contributed by atoms with Crippen LogP contribution in [0.4, 0.5) is 4.39 Å². The zero-order valence-corrected chi connectivity index (χ0v) is 19.4. The molecule has 3 N–H and O–H groups in total. The van der Waals surface area contributed by atoms with Crippen LogP contribution in [0.1, 0.15) is 17.1 Å². The lowest BCUT2D eigenvalue weighted by atomic mass is 10.2. The van der Waals surface area contributed by atoms with Gasteiger partial charge in [0.25, 0.3) is 5.56 Å². The summed E-state index contributed by atoms with van der Waals surface area (Å²) >= 11 is 1.18. The maximum Gasteiger partial charge on any atom is 0.325 e. The third-order valence-electron chi connectivity index (χ3n) is 4.91. The zero-order chi connectivity index (χ0) is 24.8. The molecule has 2 aromatic carbocycles. The van der Waals surface area contributed by atoms with E-state index in [0.717, 1.165) is 5.56 Å². The van der Waals surface area contributed by atoms with Gasteiger partial charge in [-0.05, 0) is 29.8 Å². The Morgan fingerprint density at radius 1 is 1.11 bits per heavy atom. The Morgan fingerprint density at radius 2 is 1.91 bits per heavy atom. The fraction of sp³-hybridized carbons (Fsp3) is 0.174. The molecule has 0 unspecified atom stereocenters. The molecule has 0 atom stereocenters. The second-order valence-electron chi connectivity index (χ2n) is 7.42. The third kappa shape index (κ3) is 6.23. The highest BCUT2D eigenvalue weighted by atomic mass is 32.2. The Kier molecular flexibility index (Phi) is 7.41. The number of benzene rings is 2. The molecule has 0 spiro atoms. The van der Waals surface area contributed by atoms with Gasteiger partial charge >= 0.3 is 5.69 Å². The van der Waals surface area contributed by atoms with Crippen LogP contribution in [0.5, 0.6) is 5.75 Å². The highest BCUT2D eigenvalue weighted by molar-refractivity contribution is 7.99. The number of nitrogens with zero attached hydrogens (tertiary/aromatic N) is 3. The molecule has 2 heterocycles. The van der Waals surface area contributed by atoms with Gasteiger partial charge in [0.15, 0.2) is 5.16 Å². The standard InChI is InChI=1S/C23H21FN6O4S/c1-34-18-4-2-3-17(11-18)30-19(9-16-10-20(31)27-22(33)26-16)28-29-23(30)35-13-21(32)25-12-14-5-7-15(24)8-6-14/h2-8,10-11H,9,12-13H2,1H3,(H,25,32)(H2,26,27,31,33). The van der Waals surface area contributed by atoms with Gasteiger partial charge in [-0.1, -0.05) is 30.0 Å². The van der Waals surface area contributed by atoms with Crippen molar-refractivity contribution in [2.45, 2.75) is 18.1 Å². The molecule has 0 aliphatic heterocycles. The van der Waals surface area contributed by atoms with E-state index < -0.39 is 11.2 Å². The Bertz CT molecular complexity index is 1420. The second-order valence-corrected chi connectivity index (χ2v) is 8.36. The number of rotatable bonds is 9. The molecule has 0 aliphatic rings. The van der Waals surface area contributed by atoms with Gasteiger partial charge in [0.05, 0.1) is 18.6 Å². The van der Waals surface area contributed by atoms with Gasteiger partial charge in [-0.25, -0.2) is 9.18 Å². The van der Waals surface area contributed by atoms with E-state index in [1.54, 1.807) is 42.0 Å². The Balaban J connectivity index is 1.55. The number of halogens is 1. The van der Waals surface area contributed by atoms with Crippen LogP contribution in [0, 0.1) is 5.82 Å². The first-order valence-electron chi connectivity index (χ1n) is 10.5. The molecule has 0 aliphatic carbocycles. The Morgan fingerprint density at radius 3 is 2.66 bits per heavy atom. The lowest BCUT2D eigenvalue weighted by Crippen LogP contribution is -2.24. The SMILES string of the molecule is COc1cccc(-n2c(Cc3cc(=O)[nH]c(=O)[nH]3)nnc2SCC(=O)NCc2ccc(F)cc2)c1. The van der Waals surface area contributed by atoms with Crippen molar-refractivity contribution in [1.29, 1.82) is 0 Å². The average molecular weight is 497 g/mol. The number of hydrogen-bond donors (Lipinski definition) is 3. The molecule has 0 bridgehead atoms. The first kappa shape index (κ1) is 24.0. The summed E-state index contributed by atoms with van der Waals surface area (Å²) in [6.07, 6.45) is 0.126. The van der Waals surface area contributed by atoms with Crippen molar-refractivity contribution in [1.82, 2.24) is 30.0 Å². The number of hydrogen-bond acceptors (Lipinski definition) is 7. The van der Waals surface area contributed by atoms with Crippen molar-refractivity contribution >= 4 is 17.7 Å². The van der Waals surface area contributed by atoms with E-state index in [2.05, 4.69) is 25.5 Å². The lowest BCUT2D eigenvalue weighted by molar-refractivity contribution is -0.118. The fourth-order valence-electron chi connectivity index (χ4n) is 3.29. The van der Waals surface area contributed by atoms with Crippen molar-refractivity contribution in [3.05, 3.63) is 98.3 Å². The highest BCUT2D eigenvalue weighted by Gasteiger charge is 2.17. The van der Waals surface area contributed by atoms with E-state index in [9.17, 15) is 18.8 Å². The predicted molar refractivity (Wildman–Crippen MR) is 127 cm³/mol. The van der Waals surface area contributed by atoms with Crippen LogP contribution < -0.4 is 21.3 Å². The lowest BCUT2D eigenvalue weighted by Gasteiger charge is -2.11. The molecular weight excluding hydrogens is 475 g/mol. The summed E-state index contributed by atoms with van der Waals surface area (Å²) in [5.74, 6) is 0.548. The number of aromatic amines is 2. The molecule has 4 rings (SSSR count). The smallest absolute Gasteiger partial charge is 0.325 e. The van der Waals surface area contributed by atoms with Crippen molar-refractivity contribution in [2.24, 2.45) is 0 Å². The molecule has 12 heteroatoms. The summed E-state index contributed by atoms with van der Waals surface area (Å²) in [7, 11) is 1.55. The van der Waals surface area contributed by atoms with Gasteiger partial charge in [-0.2, -0.15) is 0 Å². The predicted octanol–water partition coefficient (Wildman–Crippen LogP) is 1.79. The van der Waals surface area contributed by atoms with E-state index in [0.29, 0.717) is 28.1 Å². The number of thioether (sulfide) groups is 1. The number of carbonyl (C=O) groups excluding carboxylic acids is 1. The number of ether oxygens (including phenoxy) is 1. The summed E-state index contributed by atoms with van der Waals surface area (Å²) in [6, 6.07) is 14.4. The zero-order valence-electron chi connectivity index (χ0n) is 18.6. The van der Waals surface area contributed by atoms with Crippen LogP contribution in [-0.2, 0) is 17.8 Å². The molecule has 10 nitrogen and oxygen atoms in total. The normalized spacial score (nSPS) is 10.8. The molecule has 0 saturated carbocycles. The number of nitrogens with one attached hydrogen (secondary N) is 3. The second kappa shape index (κ2) is 10.8. The Hall–Kier alpha value is -4.19. The van der Waals surface area contributed by atoms with Gasteiger partial charge in [0.2, 0.25) is 5.91 Å². The number of amides is 1. The van der Waals surface area contributed by atoms with E-state index in [1.807, 2.05) is 6.07 Å². The molecule has 0 fully saturated rings. The largest absolute Gasteiger partial charge is 0.497 e. The molecule has 180 valence electrons. The van der Waals surface area contributed by atoms with Crippen LogP contribution >= 0.6 is 11.8 Å². The number of aromatic nitrogens is 5. The van der Waals surface area contributed by atoms with Crippen LogP contribution in [0.3, 0.4) is 0 Å². The van der Waals surface area contributed by atoms with E-state index in [1.165, 1.54) is 30.0 Å². The molecule has 1 amide bonds. The van der Waals surface area contributed by atoms with E-state index >= 15 is 0 Å². The van der Waals surface area contributed by atoms with Crippen molar-refractivity contribution in [3.8, 4) is 11.4 Å². The summed E-state index contributed by atoms with van der Waals surface area (Å²) in [6.45, 7) is 0.267. The first-order valence-corrected chi connectivity index (χ1v) is 11.4. The minimum absolute atomic E-state index is 0.0606. The molecule has 4 aromatic rings. The maximum atomic E-state index is 13.1. The molecule has 0 saturated heterocycles. The third-order valence-corrected chi connectivity index (χ3v) is 5.84. The van der Waals surface area contributed by atoms with Gasteiger partial charge in [-0.15, -0.1) is 10.2 Å². The number of H-pyrrole nitrogens is 2. The van der Waals surface area contributed by atoms with E-state index in [4.69, 9.17) is 4.74 Å². The Labute approximate surface area is 202 Å². The minimum atomic E-state index is -0.618. The molecule has 0 radical (unpaired) electrons. The number of carbonyl (C=O) groups is 1. The molecular formula is C23H21FN6O4S. The minimum Gasteiger partial charge on any atom is -0.497 e. The van der Waals surface area contributed by atoms with E-state index in [-0.39, 0.29) is 30.4 Å². The van der Waals surface area contributed by atoms with Gasteiger partial charge in [-0.3, -0.25) is 19.1 Å². The summed E-state index contributed by atoms with van der Waals surface area (Å²) in [4.78, 5) is 40.5. The van der Waals surface area contributed by atoms with Crippen molar-refractivity contribution < 1.29 is 13.9 Å². The summed E-state index contributed by atoms with van der Waals surface area (Å²) in [5, 5.41) is 11.7. The van der Waals surface area contributed by atoms with Gasteiger partial charge in [0, 0.05) is 30.8 Å². The maximum absolute atomic E-state index is 13.1. The molecule has 2 aromatic heterocycles. The van der Waals surface area contributed by atoms with Crippen LogP contribution in [0.15, 0.2) is 69.3 Å².